The van der Waals surface area contributed by atoms with Crippen LogP contribution in [0.15, 0.2) is 30.3 Å². The number of benzene rings is 1. The number of carbonyl (C=O) groups is 2. The number of aromatic nitrogens is 2. The van der Waals surface area contributed by atoms with Crippen LogP contribution in [0.1, 0.15) is 35.5 Å². The van der Waals surface area contributed by atoms with E-state index in [1.54, 1.807) is 35.0 Å². The summed E-state index contributed by atoms with van der Waals surface area (Å²) in [6.07, 6.45) is 2.79. The molecule has 0 aliphatic rings. The molecule has 0 atom stereocenters. The first-order valence-corrected chi connectivity index (χ1v) is 8.95. The molecule has 1 aromatic carbocycles. The van der Waals surface area contributed by atoms with Gasteiger partial charge < -0.3 is 9.47 Å². The van der Waals surface area contributed by atoms with Gasteiger partial charge in [0.15, 0.2) is 6.61 Å². The Kier molecular flexibility index (Phi) is 7.19. The Bertz CT molecular complexity index is 856. The van der Waals surface area contributed by atoms with Crippen molar-refractivity contribution in [1.82, 2.24) is 9.78 Å². The number of methoxy groups -OCH3 is 1. The molecule has 0 saturated heterocycles. The largest absolute Gasteiger partial charge is 0.496 e. The highest BCUT2D eigenvalue weighted by Crippen LogP contribution is 2.22. The summed E-state index contributed by atoms with van der Waals surface area (Å²) in [7, 11) is 1.48. The van der Waals surface area contributed by atoms with Gasteiger partial charge in [0.1, 0.15) is 10.9 Å². The fourth-order valence-corrected chi connectivity index (χ4v) is 2.82. The second-order valence-electron chi connectivity index (χ2n) is 6.43. The van der Waals surface area contributed by atoms with Crippen LogP contribution in [0.4, 0.5) is 0 Å². The van der Waals surface area contributed by atoms with Gasteiger partial charge in [-0.15, -0.1) is 0 Å². The molecule has 0 saturated carbocycles. The third-order valence-corrected chi connectivity index (χ3v) is 4.19. The van der Waals surface area contributed by atoms with E-state index in [0.29, 0.717) is 34.5 Å². The SMILES string of the molecule is COc1ccccc1C(=O)COC(=O)/C=C/c1c(C)nn(CC(C)C)c1Cl. The maximum atomic E-state index is 12.2. The lowest BCUT2D eigenvalue weighted by molar-refractivity contribution is -0.136. The molecule has 144 valence electrons. The monoisotopic (exact) mass is 390 g/mol. The van der Waals surface area contributed by atoms with E-state index in [0.717, 1.165) is 5.69 Å². The van der Waals surface area contributed by atoms with Crippen LogP contribution in [0.5, 0.6) is 5.75 Å². The van der Waals surface area contributed by atoms with Crippen molar-refractivity contribution >= 4 is 29.4 Å². The summed E-state index contributed by atoms with van der Waals surface area (Å²) in [6, 6.07) is 6.78. The van der Waals surface area contributed by atoms with Crippen molar-refractivity contribution in [2.45, 2.75) is 27.3 Å². The molecule has 2 aromatic rings. The molecule has 0 fully saturated rings. The summed E-state index contributed by atoms with van der Waals surface area (Å²) in [4.78, 5) is 24.2. The number of aryl methyl sites for hydroxylation is 1. The maximum absolute atomic E-state index is 12.2. The number of Topliss-reactive ketones (excluding diaryl/α,β-unsaturated/α-hetero) is 1. The normalized spacial score (nSPS) is 11.2. The van der Waals surface area contributed by atoms with E-state index in [1.807, 2.05) is 6.92 Å². The van der Waals surface area contributed by atoms with E-state index in [1.165, 1.54) is 13.2 Å². The summed E-state index contributed by atoms with van der Waals surface area (Å²) >= 11 is 6.33. The number of halogens is 1. The first-order chi connectivity index (χ1) is 12.8. The number of hydrogen-bond acceptors (Lipinski definition) is 5. The molecule has 0 unspecified atom stereocenters. The van der Waals surface area contributed by atoms with Crippen molar-refractivity contribution in [2.75, 3.05) is 13.7 Å². The van der Waals surface area contributed by atoms with E-state index in [4.69, 9.17) is 21.1 Å². The molecular formula is C20H23ClN2O4. The Hall–Kier alpha value is -2.60. The lowest BCUT2D eigenvalue weighted by Crippen LogP contribution is -2.13. The average molecular weight is 391 g/mol. The van der Waals surface area contributed by atoms with E-state index in [2.05, 4.69) is 18.9 Å². The minimum absolute atomic E-state index is 0.340. The lowest BCUT2D eigenvalue weighted by Gasteiger charge is -2.07. The molecule has 7 heteroatoms. The number of para-hydroxylation sites is 1. The van der Waals surface area contributed by atoms with Gasteiger partial charge in [0.05, 0.1) is 18.4 Å². The van der Waals surface area contributed by atoms with Crippen LogP contribution in [-0.2, 0) is 16.1 Å². The van der Waals surface area contributed by atoms with Gasteiger partial charge in [0.2, 0.25) is 5.78 Å². The van der Waals surface area contributed by atoms with E-state index >= 15 is 0 Å². The first-order valence-electron chi connectivity index (χ1n) is 8.57. The Labute approximate surface area is 163 Å². The highest BCUT2D eigenvalue weighted by molar-refractivity contribution is 6.31. The third-order valence-electron chi connectivity index (χ3n) is 3.79. The summed E-state index contributed by atoms with van der Waals surface area (Å²) in [5.41, 5.74) is 1.74. The average Bonchev–Trinajstić information content (AvgIpc) is 2.90. The quantitative estimate of drug-likeness (QED) is 0.387. The number of rotatable bonds is 8. The first kappa shape index (κ1) is 20.7. The molecule has 27 heavy (non-hydrogen) atoms. The molecule has 0 amide bonds. The summed E-state index contributed by atoms with van der Waals surface area (Å²) in [5, 5.41) is 4.84. The topological polar surface area (TPSA) is 70.4 Å². The molecule has 1 aromatic heterocycles. The van der Waals surface area contributed by atoms with Crippen LogP contribution >= 0.6 is 11.6 Å². The van der Waals surface area contributed by atoms with Gasteiger partial charge in [-0.05, 0) is 31.1 Å². The van der Waals surface area contributed by atoms with Crippen molar-refractivity contribution in [1.29, 1.82) is 0 Å². The summed E-state index contributed by atoms with van der Waals surface area (Å²) < 4.78 is 11.9. The summed E-state index contributed by atoms with van der Waals surface area (Å²) in [5.74, 6) is -0.142. The van der Waals surface area contributed by atoms with Crippen molar-refractivity contribution in [3.8, 4) is 5.75 Å². The standard InChI is InChI=1S/C20H23ClN2O4/c1-13(2)11-23-20(21)15(14(3)22-23)9-10-19(25)27-12-17(24)16-7-5-6-8-18(16)26-4/h5-10,13H,11-12H2,1-4H3/b10-9+. The lowest BCUT2D eigenvalue weighted by atomic mass is 10.1. The van der Waals surface area contributed by atoms with Crippen LogP contribution < -0.4 is 4.74 Å². The Morgan fingerprint density at radius 3 is 2.67 bits per heavy atom. The zero-order valence-electron chi connectivity index (χ0n) is 15.9. The number of ketones is 1. The predicted octanol–water partition coefficient (Wildman–Crippen LogP) is 3.95. The van der Waals surface area contributed by atoms with Crippen molar-refractivity contribution in [3.05, 3.63) is 52.3 Å². The molecule has 0 bridgehead atoms. The van der Waals surface area contributed by atoms with E-state index in [9.17, 15) is 9.59 Å². The molecule has 0 N–H and O–H groups in total. The van der Waals surface area contributed by atoms with Crippen LogP contribution in [0.25, 0.3) is 6.08 Å². The number of esters is 1. The van der Waals surface area contributed by atoms with Gasteiger partial charge in [0, 0.05) is 18.2 Å². The second-order valence-corrected chi connectivity index (χ2v) is 6.79. The smallest absolute Gasteiger partial charge is 0.331 e. The molecule has 1 heterocycles. The highest BCUT2D eigenvalue weighted by atomic mass is 35.5. The minimum Gasteiger partial charge on any atom is -0.496 e. The number of hydrogen-bond donors (Lipinski definition) is 0. The van der Waals surface area contributed by atoms with Gasteiger partial charge in [-0.3, -0.25) is 9.48 Å². The highest BCUT2D eigenvalue weighted by Gasteiger charge is 2.15. The number of ether oxygens (including phenoxy) is 2. The van der Waals surface area contributed by atoms with Gasteiger partial charge >= 0.3 is 5.97 Å². The van der Waals surface area contributed by atoms with Gasteiger partial charge in [-0.2, -0.15) is 5.10 Å². The van der Waals surface area contributed by atoms with E-state index < -0.39 is 5.97 Å². The molecule has 2 rings (SSSR count). The van der Waals surface area contributed by atoms with Gasteiger partial charge in [-0.25, -0.2) is 4.79 Å². The zero-order chi connectivity index (χ0) is 20.0. The third kappa shape index (κ3) is 5.44. The number of carbonyl (C=O) groups excluding carboxylic acids is 2. The van der Waals surface area contributed by atoms with Crippen LogP contribution in [0.3, 0.4) is 0 Å². The number of nitrogens with zero attached hydrogens (tertiary/aromatic N) is 2. The van der Waals surface area contributed by atoms with Crippen molar-refractivity contribution in [3.63, 3.8) is 0 Å². The van der Waals surface area contributed by atoms with Gasteiger partial charge in [-0.1, -0.05) is 37.6 Å². The molecule has 0 aliphatic carbocycles. The second kappa shape index (κ2) is 9.37. The summed E-state index contributed by atoms with van der Waals surface area (Å²) in [6.45, 7) is 6.27. The molecule has 6 nitrogen and oxygen atoms in total. The van der Waals surface area contributed by atoms with Crippen LogP contribution in [0, 0.1) is 12.8 Å². The molecular weight excluding hydrogens is 368 g/mol. The predicted molar refractivity (Wildman–Crippen MR) is 104 cm³/mol. The van der Waals surface area contributed by atoms with Crippen molar-refractivity contribution < 1.29 is 19.1 Å². The molecule has 0 radical (unpaired) electrons. The molecule has 0 spiro atoms. The Morgan fingerprint density at radius 1 is 1.30 bits per heavy atom. The fraction of sp³-hybridized carbons (Fsp3) is 0.350. The Balaban J connectivity index is 2.00. The van der Waals surface area contributed by atoms with Crippen LogP contribution in [0.2, 0.25) is 5.15 Å². The maximum Gasteiger partial charge on any atom is 0.331 e. The zero-order valence-corrected chi connectivity index (χ0v) is 16.6. The fourth-order valence-electron chi connectivity index (χ4n) is 2.51. The Morgan fingerprint density at radius 2 is 2.00 bits per heavy atom. The molecule has 0 aliphatic heterocycles. The van der Waals surface area contributed by atoms with Crippen LogP contribution in [-0.4, -0.2) is 35.2 Å². The minimum atomic E-state index is -0.634. The van der Waals surface area contributed by atoms with E-state index in [-0.39, 0.29) is 12.4 Å². The van der Waals surface area contributed by atoms with Crippen molar-refractivity contribution in [2.24, 2.45) is 5.92 Å². The van der Waals surface area contributed by atoms with Gasteiger partial charge in [0.25, 0.3) is 0 Å².